The van der Waals surface area contributed by atoms with Crippen LogP contribution in [-0.2, 0) is 6.54 Å². The lowest BCUT2D eigenvalue weighted by molar-refractivity contribution is -0.384. The molecule has 0 spiro atoms. The van der Waals surface area contributed by atoms with Crippen molar-refractivity contribution in [3.8, 4) is 5.75 Å². The zero-order chi connectivity index (χ0) is 16.3. The molecule has 2 aromatic rings. The van der Waals surface area contributed by atoms with Crippen LogP contribution in [-0.4, -0.2) is 29.9 Å². The van der Waals surface area contributed by atoms with Gasteiger partial charge in [-0.3, -0.25) is 14.9 Å². The Morgan fingerprint density at radius 2 is 2.14 bits per heavy atom. The molecule has 0 saturated heterocycles. The average molecular weight is 341 g/mol. The number of nitro benzene ring substituents is 1. The van der Waals surface area contributed by atoms with Crippen LogP contribution in [0.3, 0.4) is 0 Å². The smallest absolute Gasteiger partial charge is 0.270 e. The minimum absolute atomic E-state index is 0.154. The fourth-order valence-electron chi connectivity index (χ4n) is 1.92. The molecule has 6 nitrogen and oxygen atoms in total. The highest BCUT2D eigenvalue weighted by Gasteiger charge is 2.21. The second-order valence-electron chi connectivity index (χ2n) is 4.51. The van der Waals surface area contributed by atoms with Gasteiger partial charge >= 0.3 is 0 Å². The molecule has 0 aliphatic rings. The van der Waals surface area contributed by atoms with Crippen LogP contribution >= 0.6 is 22.9 Å². The molecule has 0 radical (unpaired) electrons. The lowest BCUT2D eigenvalue weighted by Gasteiger charge is -2.17. The third kappa shape index (κ3) is 3.55. The zero-order valence-corrected chi connectivity index (χ0v) is 13.5. The van der Waals surface area contributed by atoms with E-state index in [-0.39, 0.29) is 17.2 Å². The van der Waals surface area contributed by atoms with Gasteiger partial charge in [-0.1, -0.05) is 11.6 Å². The Balaban J connectivity index is 2.27. The van der Waals surface area contributed by atoms with Gasteiger partial charge in [0.1, 0.15) is 5.75 Å². The summed E-state index contributed by atoms with van der Waals surface area (Å²) in [5.41, 5.74) is -0.00132. The van der Waals surface area contributed by atoms with Crippen molar-refractivity contribution in [1.82, 2.24) is 4.90 Å². The summed E-state index contributed by atoms with van der Waals surface area (Å²) in [4.78, 5) is 25.2. The maximum absolute atomic E-state index is 12.5. The first-order chi connectivity index (χ1) is 10.4. The molecule has 0 N–H and O–H groups in total. The number of hydrogen-bond donors (Lipinski definition) is 0. The fraction of sp³-hybridized carbons (Fsp3) is 0.214. The molecule has 0 saturated carbocycles. The summed E-state index contributed by atoms with van der Waals surface area (Å²) in [5, 5.41) is 10.9. The number of non-ortho nitro benzene ring substituents is 1. The molecular formula is C14H13ClN2O4S. The number of thiophene rings is 1. The normalized spacial score (nSPS) is 10.3. The predicted octanol–water partition coefficient (Wildman–Crippen LogP) is 3.59. The monoisotopic (exact) mass is 340 g/mol. The third-order valence-electron chi connectivity index (χ3n) is 2.99. The van der Waals surface area contributed by atoms with Gasteiger partial charge in [-0.05, 0) is 18.2 Å². The quantitative estimate of drug-likeness (QED) is 0.616. The molecule has 0 aliphatic carbocycles. The minimum atomic E-state index is -0.546. The minimum Gasteiger partial charge on any atom is -0.496 e. The molecule has 0 aliphatic heterocycles. The number of ether oxygens (including phenoxy) is 1. The summed E-state index contributed by atoms with van der Waals surface area (Å²) in [6.07, 6.45) is 0. The Morgan fingerprint density at radius 3 is 2.68 bits per heavy atom. The van der Waals surface area contributed by atoms with Crippen LogP contribution in [0.25, 0.3) is 0 Å². The van der Waals surface area contributed by atoms with Crippen molar-refractivity contribution >= 4 is 34.5 Å². The standard InChI is InChI=1S/C14H13ClN2O4S/c1-16(8-10-4-6-13(15)22-10)14(18)11-7-9(17(19)20)3-5-12(11)21-2/h3-7H,8H2,1-2H3. The first-order valence-electron chi connectivity index (χ1n) is 6.24. The summed E-state index contributed by atoms with van der Waals surface area (Å²) in [6.45, 7) is 0.363. The fourth-order valence-corrected chi connectivity index (χ4v) is 3.07. The van der Waals surface area contributed by atoms with Gasteiger partial charge in [-0.25, -0.2) is 0 Å². The van der Waals surface area contributed by atoms with Gasteiger partial charge in [0.25, 0.3) is 11.6 Å². The zero-order valence-electron chi connectivity index (χ0n) is 11.9. The SMILES string of the molecule is COc1ccc([N+](=O)[O-])cc1C(=O)N(C)Cc1ccc(Cl)s1. The number of carbonyl (C=O) groups excluding carboxylic acids is 1. The van der Waals surface area contributed by atoms with Crippen LogP contribution in [0.4, 0.5) is 5.69 Å². The van der Waals surface area contributed by atoms with Crippen LogP contribution in [0.5, 0.6) is 5.75 Å². The summed E-state index contributed by atoms with van der Waals surface area (Å²) in [6, 6.07) is 7.53. The molecule has 2 rings (SSSR count). The highest BCUT2D eigenvalue weighted by molar-refractivity contribution is 7.16. The van der Waals surface area contributed by atoms with Crippen molar-refractivity contribution in [2.24, 2.45) is 0 Å². The highest BCUT2D eigenvalue weighted by Crippen LogP contribution is 2.27. The van der Waals surface area contributed by atoms with Crippen LogP contribution < -0.4 is 4.74 Å². The van der Waals surface area contributed by atoms with Crippen LogP contribution in [0.15, 0.2) is 30.3 Å². The second-order valence-corrected chi connectivity index (χ2v) is 6.31. The maximum Gasteiger partial charge on any atom is 0.270 e. The van der Waals surface area contributed by atoms with Crippen molar-refractivity contribution < 1.29 is 14.5 Å². The van der Waals surface area contributed by atoms with Crippen LogP contribution in [0.1, 0.15) is 15.2 Å². The Hall–Kier alpha value is -2.12. The molecule has 1 heterocycles. The predicted molar refractivity (Wildman–Crippen MR) is 84.8 cm³/mol. The molecule has 0 bridgehead atoms. The molecule has 0 fully saturated rings. The average Bonchev–Trinajstić information content (AvgIpc) is 2.90. The molecule has 1 amide bonds. The highest BCUT2D eigenvalue weighted by atomic mass is 35.5. The lowest BCUT2D eigenvalue weighted by Crippen LogP contribution is -2.26. The van der Waals surface area contributed by atoms with E-state index >= 15 is 0 Å². The number of rotatable bonds is 5. The van der Waals surface area contributed by atoms with Gasteiger partial charge in [0.15, 0.2) is 0 Å². The number of hydrogen-bond acceptors (Lipinski definition) is 5. The van der Waals surface area contributed by atoms with E-state index in [1.807, 2.05) is 6.07 Å². The summed E-state index contributed by atoms with van der Waals surface area (Å²) >= 11 is 7.24. The van der Waals surface area contributed by atoms with Gasteiger partial charge in [0.05, 0.1) is 28.5 Å². The summed E-state index contributed by atoms with van der Waals surface area (Å²) in [7, 11) is 3.03. The lowest BCUT2D eigenvalue weighted by atomic mass is 10.1. The van der Waals surface area contributed by atoms with E-state index in [2.05, 4.69) is 0 Å². The van der Waals surface area contributed by atoms with Crippen LogP contribution in [0, 0.1) is 10.1 Å². The number of amides is 1. The van der Waals surface area contributed by atoms with E-state index in [4.69, 9.17) is 16.3 Å². The first kappa shape index (κ1) is 16.3. The Labute approximate surface area is 136 Å². The molecule has 1 aromatic heterocycles. The van der Waals surface area contributed by atoms with Crippen molar-refractivity contribution in [2.45, 2.75) is 6.54 Å². The maximum atomic E-state index is 12.5. The van der Waals surface area contributed by atoms with E-state index in [9.17, 15) is 14.9 Å². The van der Waals surface area contributed by atoms with E-state index in [1.165, 1.54) is 41.5 Å². The number of benzene rings is 1. The molecule has 1 aromatic carbocycles. The molecule has 22 heavy (non-hydrogen) atoms. The van der Waals surface area contributed by atoms with E-state index in [0.717, 1.165) is 4.88 Å². The van der Waals surface area contributed by atoms with Gasteiger partial charge in [0.2, 0.25) is 0 Å². The number of methoxy groups -OCH3 is 1. The van der Waals surface area contributed by atoms with E-state index in [1.54, 1.807) is 13.1 Å². The van der Waals surface area contributed by atoms with Gasteiger partial charge in [-0.15, -0.1) is 11.3 Å². The number of halogens is 1. The van der Waals surface area contributed by atoms with Crippen LogP contribution in [0.2, 0.25) is 4.34 Å². The van der Waals surface area contributed by atoms with E-state index in [0.29, 0.717) is 16.6 Å². The number of carbonyl (C=O) groups is 1. The van der Waals surface area contributed by atoms with E-state index < -0.39 is 4.92 Å². The largest absolute Gasteiger partial charge is 0.496 e. The Morgan fingerprint density at radius 1 is 1.41 bits per heavy atom. The van der Waals surface area contributed by atoms with Gasteiger partial charge in [0, 0.05) is 24.1 Å². The Kier molecular flexibility index (Phi) is 4.99. The van der Waals surface area contributed by atoms with Crippen molar-refractivity contribution in [2.75, 3.05) is 14.2 Å². The van der Waals surface area contributed by atoms with Crippen molar-refractivity contribution in [3.05, 3.63) is 55.2 Å². The molecule has 8 heteroatoms. The van der Waals surface area contributed by atoms with Crippen molar-refractivity contribution in [1.29, 1.82) is 0 Å². The summed E-state index contributed by atoms with van der Waals surface area (Å²) in [5.74, 6) is -0.0586. The topological polar surface area (TPSA) is 72.7 Å². The molecule has 116 valence electrons. The second kappa shape index (κ2) is 6.76. The molecular weight excluding hydrogens is 328 g/mol. The van der Waals surface area contributed by atoms with Gasteiger partial charge < -0.3 is 9.64 Å². The number of nitrogens with zero attached hydrogens (tertiary/aromatic N) is 2. The first-order valence-corrected chi connectivity index (χ1v) is 7.44. The van der Waals surface area contributed by atoms with Gasteiger partial charge in [-0.2, -0.15) is 0 Å². The third-order valence-corrected chi connectivity index (χ3v) is 4.21. The Bertz CT molecular complexity index is 717. The van der Waals surface area contributed by atoms with Crippen molar-refractivity contribution in [3.63, 3.8) is 0 Å². The number of nitro groups is 1. The molecule has 0 atom stereocenters. The summed E-state index contributed by atoms with van der Waals surface area (Å²) < 4.78 is 5.76. The molecule has 0 unspecified atom stereocenters.